The van der Waals surface area contributed by atoms with Crippen LogP contribution in [-0.2, 0) is 4.79 Å². The molecule has 0 amide bonds. The third-order valence-corrected chi connectivity index (χ3v) is 2.21. The predicted octanol–water partition coefficient (Wildman–Crippen LogP) is 3.00. The van der Waals surface area contributed by atoms with Crippen molar-refractivity contribution in [1.82, 2.24) is 0 Å². The molecule has 1 aromatic carbocycles. The van der Waals surface area contributed by atoms with Crippen LogP contribution in [0.15, 0.2) is 41.4 Å². The monoisotopic (exact) mass is 210 g/mol. The third kappa shape index (κ3) is 2.89. The summed E-state index contributed by atoms with van der Waals surface area (Å²) in [5.41, 5.74) is 1.05. The van der Waals surface area contributed by atoms with Crippen LogP contribution in [0.5, 0.6) is 0 Å². The quantitative estimate of drug-likeness (QED) is 0.779. The molecule has 0 aliphatic rings. The highest BCUT2D eigenvalue weighted by Crippen LogP contribution is 2.19. The number of aliphatic carboxylic acids is 1. The fourth-order valence-electron chi connectivity index (χ4n) is 1.14. The van der Waals surface area contributed by atoms with E-state index in [9.17, 15) is 4.79 Å². The van der Waals surface area contributed by atoms with Gasteiger partial charge in [0.15, 0.2) is 0 Å². The Kier molecular flexibility index (Phi) is 3.72. The van der Waals surface area contributed by atoms with Crippen LogP contribution in [0.4, 0.5) is 0 Å². The maximum absolute atomic E-state index is 10.5. The van der Waals surface area contributed by atoms with Crippen molar-refractivity contribution >= 4 is 17.6 Å². The van der Waals surface area contributed by atoms with Crippen LogP contribution in [0.2, 0.25) is 0 Å². The summed E-state index contributed by atoms with van der Waals surface area (Å²) in [6, 6.07) is 9.61. The Labute approximate surface area is 87.8 Å². The molecule has 0 aliphatic carbocycles. The zero-order valence-corrected chi connectivity index (χ0v) is 8.53. The number of rotatable bonds is 3. The van der Waals surface area contributed by atoms with E-state index >= 15 is 0 Å². The smallest absolute Gasteiger partial charge is 0.346 e. The Bertz CT molecular complexity index is 344. The molecule has 14 heavy (non-hydrogen) atoms. The first-order chi connectivity index (χ1) is 6.61. The molecule has 0 fully saturated rings. The average molecular weight is 211 g/mol. The molecule has 74 valence electrons. The molecule has 0 bridgehead atoms. The minimum absolute atomic E-state index is 0.0137. The summed E-state index contributed by atoms with van der Waals surface area (Å²) in [5, 5.41) is 8.44. The number of hydrogen-bond acceptors (Lipinski definition) is 1. The molecule has 0 saturated heterocycles. The van der Waals surface area contributed by atoms with Gasteiger partial charge < -0.3 is 5.11 Å². The van der Waals surface area contributed by atoms with Crippen LogP contribution in [-0.4, -0.2) is 11.1 Å². The van der Waals surface area contributed by atoms with E-state index in [-0.39, 0.29) is 11.0 Å². The standard InChI is InChI=1S/C11H11ClO2/c1-8(7-10(12)11(13)14)9-5-3-2-4-6-9/h2-8H,1H3,(H,13,14)/b10-7-. The maximum Gasteiger partial charge on any atom is 0.346 e. The lowest BCUT2D eigenvalue weighted by molar-refractivity contribution is -0.131. The van der Waals surface area contributed by atoms with Gasteiger partial charge in [-0.2, -0.15) is 0 Å². The molecule has 1 atom stereocenters. The number of carbonyl (C=O) groups is 1. The third-order valence-electron chi connectivity index (χ3n) is 1.93. The number of hydrogen-bond donors (Lipinski definition) is 1. The molecule has 0 aliphatic heterocycles. The van der Waals surface area contributed by atoms with Crippen molar-refractivity contribution in [2.75, 3.05) is 0 Å². The van der Waals surface area contributed by atoms with Gasteiger partial charge in [-0.3, -0.25) is 0 Å². The molecule has 1 N–H and O–H groups in total. The molecular formula is C11H11ClO2. The first-order valence-electron chi connectivity index (χ1n) is 4.27. The molecule has 0 saturated carbocycles. The van der Waals surface area contributed by atoms with Crippen molar-refractivity contribution < 1.29 is 9.90 Å². The van der Waals surface area contributed by atoms with E-state index in [1.165, 1.54) is 6.08 Å². The average Bonchev–Trinajstić information content (AvgIpc) is 2.19. The summed E-state index contributed by atoms with van der Waals surface area (Å²) in [7, 11) is 0. The lowest BCUT2D eigenvalue weighted by Gasteiger charge is -2.05. The zero-order valence-electron chi connectivity index (χ0n) is 7.77. The fourth-order valence-corrected chi connectivity index (χ4v) is 1.33. The predicted molar refractivity (Wildman–Crippen MR) is 56.4 cm³/mol. The fraction of sp³-hybridized carbons (Fsp3) is 0.182. The van der Waals surface area contributed by atoms with Crippen molar-refractivity contribution in [2.24, 2.45) is 0 Å². The Hall–Kier alpha value is -1.28. The molecular weight excluding hydrogens is 200 g/mol. The minimum Gasteiger partial charge on any atom is -0.477 e. The second kappa shape index (κ2) is 4.82. The Morgan fingerprint density at radius 1 is 1.43 bits per heavy atom. The second-order valence-electron chi connectivity index (χ2n) is 3.02. The maximum atomic E-state index is 10.5. The summed E-state index contributed by atoms with van der Waals surface area (Å²) in [5.74, 6) is -1.07. The number of carboxylic acids is 1. The Balaban J connectivity index is 2.82. The van der Waals surface area contributed by atoms with E-state index in [0.29, 0.717) is 0 Å². The zero-order chi connectivity index (χ0) is 10.6. The molecule has 3 heteroatoms. The van der Waals surface area contributed by atoms with Crippen molar-refractivity contribution in [3.05, 3.63) is 47.0 Å². The molecule has 0 heterocycles. The summed E-state index contributed by atoms with van der Waals surface area (Å²) in [6.45, 7) is 1.90. The first-order valence-corrected chi connectivity index (χ1v) is 4.64. The van der Waals surface area contributed by atoms with E-state index in [1.807, 2.05) is 37.3 Å². The van der Waals surface area contributed by atoms with Crippen LogP contribution in [0.1, 0.15) is 18.4 Å². The number of halogens is 1. The van der Waals surface area contributed by atoms with E-state index in [4.69, 9.17) is 16.7 Å². The van der Waals surface area contributed by atoms with Gasteiger partial charge in [-0.05, 0) is 5.56 Å². The largest absolute Gasteiger partial charge is 0.477 e. The van der Waals surface area contributed by atoms with Crippen LogP contribution in [0.25, 0.3) is 0 Å². The van der Waals surface area contributed by atoms with Gasteiger partial charge in [0.2, 0.25) is 0 Å². The highest BCUT2D eigenvalue weighted by Gasteiger charge is 2.07. The topological polar surface area (TPSA) is 37.3 Å². The van der Waals surface area contributed by atoms with Crippen LogP contribution >= 0.6 is 11.6 Å². The van der Waals surface area contributed by atoms with Gasteiger partial charge in [0.1, 0.15) is 5.03 Å². The molecule has 0 aromatic heterocycles. The number of carboxylic acid groups (broad SMARTS) is 1. The summed E-state index contributed by atoms with van der Waals surface area (Å²) < 4.78 is 0. The van der Waals surface area contributed by atoms with E-state index < -0.39 is 5.97 Å². The summed E-state index contributed by atoms with van der Waals surface area (Å²) in [6.07, 6.45) is 1.53. The molecule has 1 rings (SSSR count). The number of allylic oxidation sites excluding steroid dienone is 1. The van der Waals surface area contributed by atoms with Crippen LogP contribution in [0.3, 0.4) is 0 Å². The lowest BCUT2D eigenvalue weighted by atomic mass is 10.0. The lowest BCUT2D eigenvalue weighted by Crippen LogP contribution is -1.97. The van der Waals surface area contributed by atoms with Gasteiger partial charge in [-0.15, -0.1) is 0 Å². The van der Waals surface area contributed by atoms with Gasteiger partial charge in [0, 0.05) is 5.92 Å². The van der Waals surface area contributed by atoms with Crippen molar-refractivity contribution in [3.63, 3.8) is 0 Å². The van der Waals surface area contributed by atoms with Crippen LogP contribution in [0, 0.1) is 0 Å². The van der Waals surface area contributed by atoms with Crippen molar-refractivity contribution in [2.45, 2.75) is 12.8 Å². The van der Waals surface area contributed by atoms with Crippen molar-refractivity contribution in [3.8, 4) is 0 Å². The Morgan fingerprint density at radius 3 is 2.50 bits per heavy atom. The van der Waals surface area contributed by atoms with E-state index in [0.717, 1.165) is 5.56 Å². The molecule has 2 nitrogen and oxygen atoms in total. The number of benzene rings is 1. The highest BCUT2D eigenvalue weighted by atomic mass is 35.5. The van der Waals surface area contributed by atoms with Crippen LogP contribution < -0.4 is 0 Å². The van der Waals surface area contributed by atoms with Gasteiger partial charge in [-0.25, -0.2) is 4.79 Å². The summed E-state index contributed by atoms with van der Waals surface area (Å²) in [4.78, 5) is 10.5. The SMILES string of the molecule is CC(/C=C(\Cl)C(=O)O)c1ccccc1. The molecule has 0 radical (unpaired) electrons. The van der Waals surface area contributed by atoms with E-state index in [1.54, 1.807) is 0 Å². The van der Waals surface area contributed by atoms with Gasteiger partial charge in [-0.1, -0.05) is 54.9 Å². The highest BCUT2D eigenvalue weighted by molar-refractivity contribution is 6.40. The normalized spacial score (nSPS) is 13.7. The van der Waals surface area contributed by atoms with Gasteiger partial charge in [0.25, 0.3) is 0 Å². The molecule has 1 unspecified atom stereocenters. The molecule has 0 spiro atoms. The van der Waals surface area contributed by atoms with Crippen molar-refractivity contribution in [1.29, 1.82) is 0 Å². The first kappa shape index (κ1) is 10.8. The van der Waals surface area contributed by atoms with Gasteiger partial charge >= 0.3 is 5.97 Å². The Morgan fingerprint density at radius 2 is 2.00 bits per heavy atom. The second-order valence-corrected chi connectivity index (χ2v) is 3.43. The molecule has 1 aromatic rings. The summed E-state index contributed by atoms with van der Waals surface area (Å²) >= 11 is 5.52. The minimum atomic E-state index is -1.09. The van der Waals surface area contributed by atoms with E-state index in [2.05, 4.69) is 0 Å². The van der Waals surface area contributed by atoms with Gasteiger partial charge in [0.05, 0.1) is 0 Å².